The molecule has 1 fully saturated rings. The molecule has 1 heterocycles. The summed E-state index contributed by atoms with van der Waals surface area (Å²) < 4.78 is 5.53. The van der Waals surface area contributed by atoms with Gasteiger partial charge in [-0.1, -0.05) is 25.0 Å². The van der Waals surface area contributed by atoms with Crippen molar-refractivity contribution in [3.8, 4) is 5.75 Å². The van der Waals surface area contributed by atoms with E-state index >= 15 is 0 Å². The molecule has 110 valence electrons. The van der Waals surface area contributed by atoms with E-state index in [2.05, 4.69) is 23.5 Å². The first-order valence-corrected chi connectivity index (χ1v) is 7.88. The van der Waals surface area contributed by atoms with Gasteiger partial charge in [-0.25, -0.2) is 0 Å². The van der Waals surface area contributed by atoms with Crippen LogP contribution in [-0.4, -0.2) is 31.4 Å². The zero-order chi connectivity index (χ0) is 13.8. The molecule has 0 spiro atoms. The molecule has 2 aliphatic rings. The number of rotatable bonds is 6. The molecule has 1 aliphatic carbocycles. The number of aliphatic hydroxyl groups is 1. The number of nitrogens with one attached hydrogen (secondary N) is 1. The summed E-state index contributed by atoms with van der Waals surface area (Å²) in [5, 5.41) is 13.1. The van der Waals surface area contributed by atoms with Crippen LogP contribution in [0.1, 0.15) is 36.8 Å². The highest BCUT2D eigenvalue weighted by atomic mass is 16.5. The maximum absolute atomic E-state index is 9.58. The van der Waals surface area contributed by atoms with Crippen LogP contribution in [-0.2, 0) is 12.8 Å². The zero-order valence-electron chi connectivity index (χ0n) is 12.2. The number of aliphatic hydroxyl groups excluding tert-OH is 1. The highest BCUT2D eigenvalue weighted by molar-refractivity contribution is 5.39. The van der Waals surface area contributed by atoms with Crippen molar-refractivity contribution >= 4 is 0 Å². The Kier molecular flexibility index (Phi) is 4.27. The van der Waals surface area contributed by atoms with E-state index in [-0.39, 0.29) is 5.41 Å². The predicted octanol–water partition coefficient (Wildman–Crippen LogP) is 2.31. The Morgan fingerprint density at radius 3 is 2.90 bits per heavy atom. The van der Waals surface area contributed by atoms with E-state index in [4.69, 9.17) is 4.74 Å². The van der Waals surface area contributed by atoms with E-state index in [9.17, 15) is 5.11 Å². The molecule has 0 aromatic heterocycles. The van der Waals surface area contributed by atoms with Gasteiger partial charge in [0.05, 0.1) is 6.61 Å². The summed E-state index contributed by atoms with van der Waals surface area (Å²) in [6, 6.07) is 6.55. The lowest BCUT2D eigenvalue weighted by molar-refractivity contribution is 0.128. The summed E-state index contributed by atoms with van der Waals surface area (Å²) >= 11 is 0. The van der Waals surface area contributed by atoms with Crippen LogP contribution < -0.4 is 10.1 Å². The average Bonchev–Trinajstić information content (AvgIpc) is 3.13. The van der Waals surface area contributed by atoms with Gasteiger partial charge in [0, 0.05) is 25.0 Å². The van der Waals surface area contributed by atoms with Crippen molar-refractivity contribution in [2.24, 2.45) is 5.41 Å². The molecule has 3 rings (SSSR count). The minimum atomic E-state index is 0.159. The number of hydrogen-bond acceptors (Lipinski definition) is 3. The van der Waals surface area contributed by atoms with Gasteiger partial charge in [0.15, 0.2) is 0 Å². The number of benzene rings is 1. The lowest BCUT2D eigenvalue weighted by Gasteiger charge is -2.26. The fraction of sp³-hybridized carbons (Fsp3) is 0.647. The van der Waals surface area contributed by atoms with Crippen molar-refractivity contribution in [3.05, 3.63) is 29.3 Å². The largest absolute Gasteiger partial charge is 0.493 e. The summed E-state index contributed by atoms with van der Waals surface area (Å²) in [5.41, 5.74) is 2.89. The lowest BCUT2D eigenvalue weighted by atomic mass is 9.87. The molecule has 0 saturated heterocycles. The lowest BCUT2D eigenvalue weighted by Crippen LogP contribution is -2.36. The van der Waals surface area contributed by atoms with Crippen molar-refractivity contribution < 1.29 is 9.84 Å². The first-order valence-electron chi connectivity index (χ1n) is 7.88. The Hall–Kier alpha value is -1.06. The summed E-state index contributed by atoms with van der Waals surface area (Å²) in [4.78, 5) is 0. The Labute approximate surface area is 121 Å². The molecule has 1 aliphatic heterocycles. The quantitative estimate of drug-likeness (QED) is 0.783. The minimum absolute atomic E-state index is 0.159. The Balaban J connectivity index is 1.46. The zero-order valence-corrected chi connectivity index (χ0v) is 12.2. The van der Waals surface area contributed by atoms with Gasteiger partial charge in [-0.15, -0.1) is 0 Å². The van der Waals surface area contributed by atoms with Crippen LogP contribution in [0.25, 0.3) is 0 Å². The van der Waals surface area contributed by atoms with E-state index in [1.165, 1.54) is 36.8 Å². The second-order valence-corrected chi connectivity index (χ2v) is 6.33. The van der Waals surface area contributed by atoms with Gasteiger partial charge in [0.1, 0.15) is 5.75 Å². The van der Waals surface area contributed by atoms with Gasteiger partial charge >= 0.3 is 0 Å². The summed E-state index contributed by atoms with van der Waals surface area (Å²) in [5.74, 6) is 1.06. The third kappa shape index (κ3) is 2.99. The summed E-state index contributed by atoms with van der Waals surface area (Å²) in [6.45, 7) is 3.10. The molecule has 3 heteroatoms. The van der Waals surface area contributed by atoms with Crippen LogP contribution in [0, 0.1) is 5.41 Å². The molecule has 3 nitrogen and oxygen atoms in total. The standard InChI is InChI=1S/C17H25NO2/c19-13-17(7-1-2-8-17)12-18-9-5-14-3-4-16-15(11-14)6-10-20-16/h3-4,11,18-19H,1-2,5-10,12-13H2. The fourth-order valence-electron chi connectivity index (χ4n) is 3.50. The Morgan fingerprint density at radius 2 is 2.10 bits per heavy atom. The summed E-state index contributed by atoms with van der Waals surface area (Å²) in [6.07, 6.45) is 6.98. The molecule has 0 atom stereocenters. The van der Waals surface area contributed by atoms with E-state index in [1.807, 2.05) is 0 Å². The third-order valence-corrected chi connectivity index (χ3v) is 4.84. The van der Waals surface area contributed by atoms with Crippen LogP contribution in [0.2, 0.25) is 0 Å². The van der Waals surface area contributed by atoms with E-state index in [0.29, 0.717) is 6.61 Å². The predicted molar refractivity (Wildman–Crippen MR) is 80.2 cm³/mol. The highest BCUT2D eigenvalue weighted by Crippen LogP contribution is 2.36. The second-order valence-electron chi connectivity index (χ2n) is 6.33. The summed E-state index contributed by atoms with van der Waals surface area (Å²) in [7, 11) is 0. The first kappa shape index (κ1) is 13.9. The number of hydrogen-bond donors (Lipinski definition) is 2. The molecule has 0 radical (unpaired) electrons. The Bertz CT molecular complexity index is 452. The number of fused-ring (bicyclic) bond motifs is 1. The molecule has 0 unspecified atom stereocenters. The maximum atomic E-state index is 9.58. The van der Waals surface area contributed by atoms with Crippen molar-refractivity contribution in [2.45, 2.75) is 38.5 Å². The van der Waals surface area contributed by atoms with Crippen LogP contribution in [0.5, 0.6) is 5.75 Å². The van der Waals surface area contributed by atoms with Gasteiger partial charge in [0.25, 0.3) is 0 Å². The molecule has 0 amide bonds. The molecule has 2 N–H and O–H groups in total. The van der Waals surface area contributed by atoms with Crippen molar-refractivity contribution in [2.75, 3.05) is 26.3 Å². The smallest absolute Gasteiger partial charge is 0.122 e. The van der Waals surface area contributed by atoms with E-state index < -0.39 is 0 Å². The van der Waals surface area contributed by atoms with E-state index in [1.54, 1.807) is 0 Å². The van der Waals surface area contributed by atoms with Gasteiger partial charge in [-0.2, -0.15) is 0 Å². The first-order chi connectivity index (χ1) is 9.81. The third-order valence-electron chi connectivity index (χ3n) is 4.84. The highest BCUT2D eigenvalue weighted by Gasteiger charge is 2.32. The average molecular weight is 275 g/mol. The molecular formula is C17H25NO2. The molecule has 0 bridgehead atoms. The van der Waals surface area contributed by atoms with Crippen LogP contribution in [0.3, 0.4) is 0 Å². The van der Waals surface area contributed by atoms with E-state index in [0.717, 1.165) is 38.3 Å². The molecule has 1 saturated carbocycles. The van der Waals surface area contributed by atoms with Crippen molar-refractivity contribution in [1.82, 2.24) is 5.32 Å². The fourth-order valence-corrected chi connectivity index (χ4v) is 3.50. The second kappa shape index (κ2) is 6.15. The van der Waals surface area contributed by atoms with Gasteiger partial charge < -0.3 is 15.2 Å². The molecular weight excluding hydrogens is 250 g/mol. The van der Waals surface area contributed by atoms with Gasteiger partial charge in [-0.05, 0) is 43.0 Å². The van der Waals surface area contributed by atoms with Crippen LogP contribution >= 0.6 is 0 Å². The topological polar surface area (TPSA) is 41.5 Å². The maximum Gasteiger partial charge on any atom is 0.122 e. The molecule has 1 aromatic rings. The van der Waals surface area contributed by atoms with Crippen LogP contribution in [0.4, 0.5) is 0 Å². The SMILES string of the molecule is OCC1(CNCCc2ccc3c(c2)CCO3)CCCC1. The monoisotopic (exact) mass is 275 g/mol. The molecule has 20 heavy (non-hydrogen) atoms. The minimum Gasteiger partial charge on any atom is -0.493 e. The normalized spacial score (nSPS) is 19.9. The molecule has 1 aromatic carbocycles. The van der Waals surface area contributed by atoms with Crippen LogP contribution in [0.15, 0.2) is 18.2 Å². The van der Waals surface area contributed by atoms with Gasteiger partial charge in [0.2, 0.25) is 0 Å². The Morgan fingerprint density at radius 1 is 1.25 bits per heavy atom. The van der Waals surface area contributed by atoms with Crippen molar-refractivity contribution in [1.29, 1.82) is 0 Å². The van der Waals surface area contributed by atoms with Crippen molar-refractivity contribution in [3.63, 3.8) is 0 Å². The van der Waals surface area contributed by atoms with Gasteiger partial charge in [-0.3, -0.25) is 0 Å². The number of ether oxygens (including phenoxy) is 1.